The molecule has 11 nitrogen and oxygen atoms in total. The summed E-state index contributed by atoms with van der Waals surface area (Å²) in [6.45, 7) is 3.28. The van der Waals surface area contributed by atoms with E-state index in [1.54, 1.807) is 30.3 Å². The minimum atomic E-state index is -1.57. The van der Waals surface area contributed by atoms with E-state index in [0.29, 0.717) is 11.3 Å². The Bertz CT molecular complexity index is 1200. The van der Waals surface area contributed by atoms with Crippen molar-refractivity contribution in [2.45, 2.75) is 24.1 Å². The fraction of sp³-hybridized carbons (Fsp3) is 0.261. The molecule has 0 unspecified atom stereocenters. The van der Waals surface area contributed by atoms with Crippen molar-refractivity contribution in [1.29, 1.82) is 0 Å². The van der Waals surface area contributed by atoms with Crippen molar-refractivity contribution >= 4 is 34.3 Å². The number of para-hydroxylation sites is 1. The Morgan fingerprint density at radius 1 is 1.17 bits per heavy atom. The highest BCUT2D eigenvalue weighted by molar-refractivity contribution is 7.86. The highest BCUT2D eigenvalue weighted by Crippen LogP contribution is 2.34. The molecule has 2 aromatic carbocycles. The van der Waals surface area contributed by atoms with Crippen molar-refractivity contribution in [2.75, 3.05) is 12.4 Å². The van der Waals surface area contributed by atoms with E-state index in [0.717, 1.165) is 4.90 Å². The van der Waals surface area contributed by atoms with Crippen LogP contribution < -0.4 is 10.1 Å². The molecule has 1 N–H and O–H groups in total. The van der Waals surface area contributed by atoms with Gasteiger partial charge >= 0.3 is 5.97 Å². The number of carbonyl (C=O) groups is 3. The van der Waals surface area contributed by atoms with E-state index in [9.17, 15) is 28.7 Å². The molecule has 0 aliphatic carbocycles. The molecule has 0 spiro atoms. The van der Waals surface area contributed by atoms with E-state index in [4.69, 9.17) is 9.47 Å². The number of ether oxygens (including phenoxy) is 2. The number of β-lactam (4-membered cyclic amide) rings is 1. The van der Waals surface area contributed by atoms with Gasteiger partial charge in [0.2, 0.25) is 5.91 Å². The van der Waals surface area contributed by atoms with Crippen LogP contribution in [0.3, 0.4) is 0 Å². The Morgan fingerprint density at radius 2 is 1.86 bits per heavy atom. The number of nitro groups is 1. The Hall–Kier alpha value is -4.06. The number of hydrogen-bond acceptors (Lipinski definition) is 8. The second-order valence-electron chi connectivity index (χ2n) is 7.90. The third kappa shape index (κ3) is 5.06. The molecule has 2 amide bonds. The number of fused-ring (bicyclic) bond motifs is 1. The fourth-order valence-corrected chi connectivity index (χ4v) is 5.49. The third-order valence-corrected chi connectivity index (χ3v) is 7.22. The number of rotatable bonds is 8. The first-order valence-electron chi connectivity index (χ1n) is 10.5. The van der Waals surface area contributed by atoms with Crippen molar-refractivity contribution in [2.24, 2.45) is 0 Å². The van der Waals surface area contributed by atoms with Gasteiger partial charge in [-0.05, 0) is 35.4 Å². The molecule has 0 bridgehead atoms. The molecule has 2 saturated heterocycles. The molecule has 2 aromatic rings. The topological polar surface area (TPSA) is 145 Å². The van der Waals surface area contributed by atoms with Crippen molar-refractivity contribution < 1.29 is 33.0 Å². The van der Waals surface area contributed by atoms with E-state index in [1.807, 2.05) is 0 Å². The van der Waals surface area contributed by atoms with Gasteiger partial charge in [-0.3, -0.25) is 23.9 Å². The molecule has 0 aromatic heterocycles. The molecule has 182 valence electrons. The van der Waals surface area contributed by atoms with E-state index in [-0.39, 0.29) is 30.2 Å². The number of benzene rings is 2. The van der Waals surface area contributed by atoms with Crippen molar-refractivity contribution in [3.8, 4) is 5.75 Å². The van der Waals surface area contributed by atoms with Gasteiger partial charge in [-0.25, -0.2) is 4.79 Å². The number of nitrogens with one attached hydrogen (secondary N) is 1. The van der Waals surface area contributed by atoms with Gasteiger partial charge in [0.15, 0.2) is 12.6 Å². The van der Waals surface area contributed by atoms with Crippen LogP contribution in [0.5, 0.6) is 5.75 Å². The van der Waals surface area contributed by atoms with Crippen LogP contribution in [0.4, 0.5) is 5.69 Å². The van der Waals surface area contributed by atoms with Gasteiger partial charge in [-0.1, -0.05) is 24.8 Å². The van der Waals surface area contributed by atoms with Crippen LogP contribution in [0.25, 0.3) is 0 Å². The van der Waals surface area contributed by atoms with Gasteiger partial charge in [0.25, 0.3) is 11.6 Å². The molecule has 35 heavy (non-hydrogen) atoms. The first-order valence-corrected chi connectivity index (χ1v) is 11.9. The smallest absolute Gasteiger partial charge is 0.333 e. The lowest BCUT2D eigenvalue weighted by atomic mass is 9.98. The molecule has 2 aliphatic rings. The number of nitro benzene ring substituents is 1. The van der Waals surface area contributed by atoms with E-state index >= 15 is 0 Å². The highest BCUT2D eigenvalue weighted by Gasteiger charge is 2.59. The van der Waals surface area contributed by atoms with Gasteiger partial charge in [-0.2, -0.15) is 0 Å². The number of nitrogens with zero attached hydrogens (tertiary/aromatic N) is 2. The molecular weight excluding hydrogens is 478 g/mol. The average Bonchev–Trinajstić information content (AvgIpc) is 2.85. The summed E-state index contributed by atoms with van der Waals surface area (Å²) in [5, 5.41) is 12.4. The molecule has 0 radical (unpaired) electrons. The molecule has 2 aliphatic heterocycles. The second kappa shape index (κ2) is 10.1. The van der Waals surface area contributed by atoms with E-state index in [1.165, 1.54) is 24.3 Å². The maximum atomic E-state index is 12.8. The normalized spacial score (nSPS) is 23.0. The van der Waals surface area contributed by atoms with Gasteiger partial charge in [0, 0.05) is 17.9 Å². The van der Waals surface area contributed by atoms with Gasteiger partial charge < -0.3 is 19.7 Å². The standard InChI is InChI=1S/C23H21N3O8S/c1-14-13-35(32)22-19(24-18(27)12-33-17-5-3-2-4-6-17)21(28)25(22)20(14)23(29)34-11-15-7-9-16(10-8-15)26(30)31/h2-10,19-20,22H,1,11-13H2,(H,24,27)/t19-,20-,22-,35-/m1/s1. The highest BCUT2D eigenvalue weighted by atomic mass is 32.2. The van der Waals surface area contributed by atoms with Crippen molar-refractivity contribution in [1.82, 2.24) is 10.2 Å². The van der Waals surface area contributed by atoms with Crippen molar-refractivity contribution in [3.05, 3.63) is 82.4 Å². The SMILES string of the molecule is C=C1C[S@@](=O)[C@@H]2[C@H](NC(=O)COc3ccccc3)C(=O)N2[C@H]1C(=O)OCc1ccc([N+](=O)[O-])cc1. The summed E-state index contributed by atoms with van der Waals surface area (Å²) < 4.78 is 23.4. The van der Waals surface area contributed by atoms with Crippen molar-refractivity contribution in [3.63, 3.8) is 0 Å². The minimum Gasteiger partial charge on any atom is -0.484 e. The second-order valence-corrected chi connectivity index (χ2v) is 9.43. The lowest BCUT2D eigenvalue weighted by molar-refractivity contribution is -0.384. The zero-order chi connectivity index (χ0) is 25.1. The number of esters is 1. The third-order valence-electron chi connectivity index (χ3n) is 5.52. The lowest BCUT2D eigenvalue weighted by Crippen LogP contribution is -2.77. The molecule has 2 heterocycles. The van der Waals surface area contributed by atoms with Crippen LogP contribution >= 0.6 is 0 Å². The zero-order valence-corrected chi connectivity index (χ0v) is 19.1. The number of hydrogen-bond donors (Lipinski definition) is 1. The predicted octanol–water partition coefficient (Wildman–Crippen LogP) is 1.06. The monoisotopic (exact) mass is 499 g/mol. The Morgan fingerprint density at radius 3 is 2.51 bits per heavy atom. The summed E-state index contributed by atoms with van der Waals surface area (Å²) in [5.74, 6) is -1.45. The largest absolute Gasteiger partial charge is 0.484 e. The Balaban J connectivity index is 1.36. The van der Waals surface area contributed by atoms with Crippen LogP contribution in [0.2, 0.25) is 0 Å². The van der Waals surface area contributed by atoms with Crippen LogP contribution in [0.1, 0.15) is 5.56 Å². The van der Waals surface area contributed by atoms with E-state index in [2.05, 4.69) is 11.9 Å². The van der Waals surface area contributed by atoms with Gasteiger partial charge in [0.1, 0.15) is 23.8 Å². The van der Waals surface area contributed by atoms with Gasteiger partial charge in [-0.15, -0.1) is 0 Å². The van der Waals surface area contributed by atoms with Crippen LogP contribution in [0.15, 0.2) is 66.7 Å². The summed E-state index contributed by atoms with van der Waals surface area (Å²) >= 11 is 0. The molecule has 4 atom stereocenters. The maximum Gasteiger partial charge on any atom is 0.333 e. The predicted molar refractivity (Wildman–Crippen MR) is 123 cm³/mol. The Kier molecular flexibility index (Phi) is 6.92. The van der Waals surface area contributed by atoms with Gasteiger partial charge in [0.05, 0.1) is 15.7 Å². The fourth-order valence-electron chi connectivity index (χ4n) is 3.82. The number of carbonyl (C=O) groups excluding carboxylic acids is 3. The number of non-ortho nitro benzene ring substituents is 1. The zero-order valence-electron chi connectivity index (χ0n) is 18.3. The Labute approximate surface area is 202 Å². The quantitative estimate of drug-likeness (QED) is 0.187. The van der Waals surface area contributed by atoms with Crippen LogP contribution in [0, 0.1) is 10.1 Å². The minimum absolute atomic E-state index is 0.0291. The average molecular weight is 500 g/mol. The summed E-state index contributed by atoms with van der Waals surface area (Å²) in [7, 11) is -1.57. The summed E-state index contributed by atoms with van der Waals surface area (Å²) in [6.07, 6.45) is 0. The molecule has 0 saturated carbocycles. The maximum absolute atomic E-state index is 12.8. The lowest BCUT2D eigenvalue weighted by Gasteiger charge is -2.52. The van der Waals surface area contributed by atoms with E-state index < -0.39 is 51.0 Å². The molecular formula is C23H21N3O8S. The summed E-state index contributed by atoms with van der Waals surface area (Å²) in [5.41, 5.74) is 0.683. The van der Waals surface area contributed by atoms with Crippen LogP contribution in [-0.2, 0) is 36.5 Å². The summed E-state index contributed by atoms with van der Waals surface area (Å²) in [4.78, 5) is 49.2. The molecule has 12 heteroatoms. The molecule has 2 fully saturated rings. The summed E-state index contributed by atoms with van der Waals surface area (Å²) in [6, 6.07) is 11.9. The first kappa shape index (κ1) is 24.1. The first-order chi connectivity index (χ1) is 16.8. The number of amides is 2. The molecule has 4 rings (SSSR count). The van der Waals surface area contributed by atoms with Crippen LogP contribution in [-0.4, -0.2) is 61.6 Å².